The number of carbonyl (C=O) groups excluding carboxylic acids is 3. The molecule has 3 heterocycles. The zero-order valence-electron chi connectivity index (χ0n) is 20.3. The molecular weight excluding hydrogens is 438 g/mol. The number of piperidine rings is 2. The number of anilines is 1. The summed E-state index contributed by atoms with van der Waals surface area (Å²) in [4.78, 5) is 41.4. The molecule has 9 nitrogen and oxygen atoms in total. The van der Waals surface area contributed by atoms with E-state index in [0.717, 1.165) is 12.8 Å². The fraction of sp³-hybridized carbons (Fsp3) is 0.640. The Balaban J connectivity index is 1.18. The number of hydrogen-bond acceptors (Lipinski definition) is 6. The Kier molecular flexibility index (Phi) is 7.19. The van der Waals surface area contributed by atoms with Gasteiger partial charge in [0.25, 0.3) is 0 Å². The van der Waals surface area contributed by atoms with Gasteiger partial charge < -0.3 is 29.3 Å². The number of carbonyl (C=O) groups is 3. The molecule has 2 fully saturated rings. The van der Waals surface area contributed by atoms with Crippen molar-refractivity contribution in [1.29, 1.82) is 0 Å². The lowest BCUT2D eigenvalue weighted by Crippen LogP contribution is -2.44. The van der Waals surface area contributed by atoms with Crippen LogP contribution in [0.15, 0.2) is 18.2 Å². The molecule has 0 spiro atoms. The van der Waals surface area contributed by atoms with Gasteiger partial charge in [-0.3, -0.25) is 9.59 Å². The molecule has 2 saturated heterocycles. The van der Waals surface area contributed by atoms with Gasteiger partial charge in [-0.1, -0.05) is 0 Å². The lowest BCUT2D eigenvalue weighted by atomic mass is 9.91. The van der Waals surface area contributed by atoms with Crippen LogP contribution in [0.1, 0.15) is 52.9 Å². The molecule has 9 heteroatoms. The summed E-state index contributed by atoms with van der Waals surface area (Å²) in [5.41, 5.74) is 0.183. The highest BCUT2D eigenvalue weighted by molar-refractivity contribution is 5.93. The third kappa shape index (κ3) is 6.12. The van der Waals surface area contributed by atoms with Crippen LogP contribution in [0.2, 0.25) is 0 Å². The number of hydrogen-bond donors (Lipinski definition) is 1. The third-order valence-corrected chi connectivity index (χ3v) is 6.59. The Morgan fingerprint density at radius 2 is 1.62 bits per heavy atom. The Bertz CT molecular complexity index is 912. The van der Waals surface area contributed by atoms with Gasteiger partial charge in [0.15, 0.2) is 11.5 Å². The smallest absolute Gasteiger partial charge is 0.410 e. The Morgan fingerprint density at radius 3 is 2.29 bits per heavy atom. The molecule has 1 N–H and O–H groups in total. The van der Waals surface area contributed by atoms with E-state index < -0.39 is 5.60 Å². The van der Waals surface area contributed by atoms with E-state index >= 15 is 0 Å². The van der Waals surface area contributed by atoms with Gasteiger partial charge in [0.05, 0.1) is 0 Å². The number of fused-ring (bicyclic) bond motifs is 1. The minimum Gasteiger partial charge on any atom is -0.454 e. The Hall–Kier alpha value is -2.97. The van der Waals surface area contributed by atoms with Crippen molar-refractivity contribution in [2.45, 2.75) is 58.5 Å². The third-order valence-electron chi connectivity index (χ3n) is 6.59. The van der Waals surface area contributed by atoms with Crippen molar-refractivity contribution in [1.82, 2.24) is 9.80 Å². The topological polar surface area (TPSA) is 97.4 Å². The predicted molar refractivity (Wildman–Crippen MR) is 126 cm³/mol. The minimum atomic E-state index is -0.503. The van der Waals surface area contributed by atoms with E-state index in [9.17, 15) is 14.4 Å². The highest BCUT2D eigenvalue weighted by Crippen LogP contribution is 2.34. The molecule has 186 valence electrons. The average molecular weight is 474 g/mol. The SMILES string of the molecule is CC(C)(C)OC(=O)N1CCC(CC(=O)N2CCC(C(=O)Nc3ccc4c(c3)OCO4)CC2)CC1. The van der Waals surface area contributed by atoms with Gasteiger partial charge in [0, 0.05) is 50.3 Å². The summed E-state index contributed by atoms with van der Waals surface area (Å²) in [5, 5.41) is 2.96. The van der Waals surface area contributed by atoms with Crippen molar-refractivity contribution < 1.29 is 28.6 Å². The zero-order valence-corrected chi connectivity index (χ0v) is 20.3. The maximum Gasteiger partial charge on any atom is 0.410 e. The molecule has 4 rings (SSSR count). The molecule has 0 radical (unpaired) electrons. The maximum atomic E-state index is 12.8. The van der Waals surface area contributed by atoms with Crippen LogP contribution >= 0.6 is 0 Å². The molecule has 0 bridgehead atoms. The molecule has 34 heavy (non-hydrogen) atoms. The summed E-state index contributed by atoms with van der Waals surface area (Å²) < 4.78 is 16.1. The van der Waals surface area contributed by atoms with E-state index in [-0.39, 0.29) is 36.5 Å². The van der Waals surface area contributed by atoms with Gasteiger partial charge in [-0.25, -0.2) is 4.79 Å². The largest absolute Gasteiger partial charge is 0.454 e. The number of amides is 3. The Labute approximate surface area is 200 Å². The fourth-order valence-corrected chi connectivity index (χ4v) is 4.63. The number of rotatable bonds is 4. The molecule has 0 saturated carbocycles. The van der Waals surface area contributed by atoms with Crippen molar-refractivity contribution in [3.8, 4) is 11.5 Å². The molecule has 3 amide bonds. The van der Waals surface area contributed by atoms with Gasteiger partial charge >= 0.3 is 6.09 Å². The van der Waals surface area contributed by atoms with Crippen LogP contribution in [-0.2, 0) is 14.3 Å². The van der Waals surface area contributed by atoms with Crippen LogP contribution in [0, 0.1) is 11.8 Å². The standard InChI is InChI=1S/C25H35N3O6/c1-25(2,3)34-24(31)28-10-6-17(7-11-28)14-22(29)27-12-8-18(9-13-27)23(30)26-19-4-5-20-21(15-19)33-16-32-20/h4-5,15,17-18H,6-14,16H2,1-3H3,(H,26,30). The molecule has 0 unspecified atom stereocenters. The van der Waals surface area contributed by atoms with E-state index in [1.54, 1.807) is 23.1 Å². The maximum absolute atomic E-state index is 12.8. The second-order valence-electron chi connectivity index (χ2n) is 10.3. The second-order valence-corrected chi connectivity index (χ2v) is 10.3. The van der Waals surface area contributed by atoms with Crippen LogP contribution < -0.4 is 14.8 Å². The van der Waals surface area contributed by atoms with E-state index in [2.05, 4.69) is 5.32 Å². The molecule has 1 aromatic carbocycles. The van der Waals surface area contributed by atoms with E-state index in [1.165, 1.54) is 0 Å². The second kappa shape index (κ2) is 10.1. The lowest BCUT2D eigenvalue weighted by Gasteiger charge is -2.35. The van der Waals surface area contributed by atoms with Gasteiger partial charge in [-0.15, -0.1) is 0 Å². The van der Waals surface area contributed by atoms with Crippen LogP contribution in [0.4, 0.5) is 10.5 Å². The molecule has 3 aliphatic heterocycles. The van der Waals surface area contributed by atoms with Gasteiger partial charge in [-0.2, -0.15) is 0 Å². The minimum absolute atomic E-state index is 0.0273. The van der Waals surface area contributed by atoms with Crippen molar-refractivity contribution in [2.75, 3.05) is 38.3 Å². The van der Waals surface area contributed by atoms with Crippen molar-refractivity contribution >= 4 is 23.6 Å². The van der Waals surface area contributed by atoms with Crippen molar-refractivity contribution in [3.63, 3.8) is 0 Å². The Morgan fingerprint density at radius 1 is 0.971 bits per heavy atom. The number of benzene rings is 1. The van der Waals surface area contributed by atoms with E-state index in [4.69, 9.17) is 14.2 Å². The number of nitrogens with zero attached hydrogens (tertiary/aromatic N) is 2. The summed E-state index contributed by atoms with van der Waals surface area (Å²) in [6.45, 7) is 8.21. The summed E-state index contributed by atoms with van der Waals surface area (Å²) in [6.07, 6.45) is 3.13. The number of ether oxygens (including phenoxy) is 3. The molecule has 0 atom stereocenters. The average Bonchev–Trinajstić information content (AvgIpc) is 3.26. The zero-order chi connectivity index (χ0) is 24.3. The summed E-state index contributed by atoms with van der Waals surface area (Å²) in [5.74, 6) is 1.59. The van der Waals surface area contributed by atoms with E-state index in [1.807, 2.05) is 25.7 Å². The summed E-state index contributed by atoms with van der Waals surface area (Å²) >= 11 is 0. The quantitative estimate of drug-likeness (QED) is 0.717. The first-order valence-electron chi connectivity index (χ1n) is 12.1. The van der Waals surface area contributed by atoms with Crippen LogP contribution in [0.3, 0.4) is 0 Å². The van der Waals surface area contributed by atoms with Crippen LogP contribution in [0.25, 0.3) is 0 Å². The van der Waals surface area contributed by atoms with Gasteiger partial charge in [-0.05, 0) is 64.5 Å². The van der Waals surface area contributed by atoms with Gasteiger partial charge in [0.2, 0.25) is 18.6 Å². The molecular formula is C25H35N3O6. The summed E-state index contributed by atoms with van der Waals surface area (Å²) in [6, 6.07) is 5.36. The lowest BCUT2D eigenvalue weighted by molar-refractivity contribution is -0.135. The highest BCUT2D eigenvalue weighted by atomic mass is 16.7. The van der Waals surface area contributed by atoms with E-state index in [0.29, 0.717) is 62.6 Å². The first-order valence-corrected chi connectivity index (χ1v) is 12.1. The number of nitrogens with one attached hydrogen (secondary N) is 1. The molecule has 0 aromatic heterocycles. The first kappa shape index (κ1) is 24.2. The monoisotopic (exact) mass is 473 g/mol. The fourth-order valence-electron chi connectivity index (χ4n) is 4.63. The molecule has 1 aromatic rings. The highest BCUT2D eigenvalue weighted by Gasteiger charge is 2.31. The molecule has 3 aliphatic rings. The van der Waals surface area contributed by atoms with Crippen LogP contribution in [-0.4, -0.2) is 66.3 Å². The van der Waals surface area contributed by atoms with Crippen molar-refractivity contribution in [2.24, 2.45) is 11.8 Å². The van der Waals surface area contributed by atoms with Gasteiger partial charge in [0.1, 0.15) is 5.60 Å². The number of likely N-dealkylation sites (tertiary alicyclic amines) is 2. The molecule has 0 aliphatic carbocycles. The first-order chi connectivity index (χ1) is 16.2. The summed E-state index contributed by atoms with van der Waals surface area (Å²) in [7, 11) is 0. The van der Waals surface area contributed by atoms with Crippen LogP contribution in [0.5, 0.6) is 11.5 Å². The normalized spacial score (nSPS) is 19.1. The predicted octanol–water partition coefficient (Wildman–Crippen LogP) is 3.63. The van der Waals surface area contributed by atoms with Crippen molar-refractivity contribution in [3.05, 3.63) is 18.2 Å².